The summed E-state index contributed by atoms with van der Waals surface area (Å²) >= 11 is 0. The van der Waals surface area contributed by atoms with E-state index in [-0.39, 0.29) is 5.91 Å². The van der Waals surface area contributed by atoms with Gasteiger partial charge in [0.2, 0.25) is 0 Å². The van der Waals surface area contributed by atoms with Crippen molar-refractivity contribution >= 4 is 22.5 Å². The highest BCUT2D eigenvalue weighted by atomic mass is 16.5. The van der Waals surface area contributed by atoms with Gasteiger partial charge < -0.3 is 20.3 Å². The van der Waals surface area contributed by atoms with Crippen LogP contribution in [0.3, 0.4) is 0 Å². The molecule has 39 heavy (non-hydrogen) atoms. The number of rotatable bonds is 9. The maximum absolute atomic E-state index is 13.9. The summed E-state index contributed by atoms with van der Waals surface area (Å²) in [5.41, 5.74) is 7.16. The van der Waals surface area contributed by atoms with Crippen molar-refractivity contribution in [2.45, 2.75) is 52.9 Å². The molecule has 1 fully saturated rings. The summed E-state index contributed by atoms with van der Waals surface area (Å²) < 4.78 is 7.29. The Bertz CT molecular complexity index is 1490. The van der Waals surface area contributed by atoms with Gasteiger partial charge in [0.1, 0.15) is 5.69 Å². The molecule has 2 aromatic carbocycles. The molecular weight excluding hydrogens is 490 g/mol. The fourth-order valence-corrected chi connectivity index (χ4v) is 5.20. The Balaban J connectivity index is 1.55. The summed E-state index contributed by atoms with van der Waals surface area (Å²) in [6.07, 6.45) is 2.92. The second kappa shape index (κ2) is 11.5. The standard InChI is InChI=1S/C30H37N7O2/c1-6-37-20(3)23(15-32-37)17-36(4)30(38)28-26-13-21(18-39-5)7-8-27(26)34-29(35-28)22-11-19(2)12-25(14-22)33-24-9-10-31-16-24/h7-8,11-15,24,31,33H,6,9-10,16-18H2,1-5H3. The molecule has 204 valence electrons. The molecule has 1 unspecified atom stereocenters. The van der Waals surface area contributed by atoms with Crippen molar-refractivity contribution in [2.24, 2.45) is 0 Å². The predicted octanol–water partition coefficient (Wildman–Crippen LogP) is 4.32. The molecule has 9 nitrogen and oxygen atoms in total. The van der Waals surface area contributed by atoms with E-state index < -0.39 is 0 Å². The molecule has 1 atom stereocenters. The van der Waals surface area contributed by atoms with Crippen molar-refractivity contribution in [1.82, 2.24) is 30.0 Å². The lowest BCUT2D eigenvalue weighted by Gasteiger charge is -2.19. The van der Waals surface area contributed by atoms with Crippen LogP contribution in [0.25, 0.3) is 22.3 Å². The number of carbonyl (C=O) groups excluding carboxylic acids is 1. The van der Waals surface area contributed by atoms with Crippen molar-refractivity contribution in [3.8, 4) is 11.4 Å². The van der Waals surface area contributed by atoms with Crippen LogP contribution in [0.1, 0.15) is 46.2 Å². The summed E-state index contributed by atoms with van der Waals surface area (Å²) in [6.45, 7) is 9.80. The van der Waals surface area contributed by atoms with Crippen LogP contribution in [0.2, 0.25) is 0 Å². The Morgan fingerprint density at radius 2 is 2.05 bits per heavy atom. The van der Waals surface area contributed by atoms with E-state index in [0.29, 0.717) is 36.1 Å². The molecule has 1 aliphatic rings. The number of amides is 1. The van der Waals surface area contributed by atoms with Crippen LogP contribution < -0.4 is 10.6 Å². The highest BCUT2D eigenvalue weighted by Crippen LogP contribution is 2.28. The fraction of sp³-hybridized carbons (Fsp3) is 0.400. The first-order chi connectivity index (χ1) is 18.9. The fourth-order valence-electron chi connectivity index (χ4n) is 5.20. The van der Waals surface area contributed by atoms with E-state index in [1.54, 1.807) is 12.0 Å². The first kappa shape index (κ1) is 26.8. The predicted molar refractivity (Wildman–Crippen MR) is 154 cm³/mol. The van der Waals surface area contributed by atoms with E-state index in [2.05, 4.69) is 47.8 Å². The van der Waals surface area contributed by atoms with Crippen LogP contribution >= 0.6 is 0 Å². The molecule has 3 heterocycles. The van der Waals surface area contributed by atoms with Gasteiger partial charge >= 0.3 is 0 Å². The molecule has 5 rings (SSSR count). The van der Waals surface area contributed by atoms with Crippen molar-refractivity contribution in [1.29, 1.82) is 0 Å². The maximum atomic E-state index is 13.9. The van der Waals surface area contributed by atoms with Crippen molar-refractivity contribution in [3.05, 3.63) is 70.7 Å². The zero-order chi connectivity index (χ0) is 27.5. The SMILES string of the molecule is CCn1ncc(CN(C)C(=O)c2nc(-c3cc(C)cc(NC4CCNC4)c3)nc3ccc(COC)cc23)c1C. The largest absolute Gasteiger partial charge is 0.381 e. The zero-order valence-electron chi connectivity index (χ0n) is 23.4. The van der Waals surface area contributed by atoms with Crippen molar-refractivity contribution < 1.29 is 9.53 Å². The van der Waals surface area contributed by atoms with Gasteiger partial charge in [-0.25, -0.2) is 9.97 Å². The molecule has 1 saturated heterocycles. The minimum atomic E-state index is -0.162. The number of aromatic nitrogens is 4. The van der Waals surface area contributed by atoms with Gasteiger partial charge in [0.05, 0.1) is 18.3 Å². The number of fused-ring (bicyclic) bond motifs is 1. The number of methoxy groups -OCH3 is 1. The molecule has 0 bridgehead atoms. The number of hydrogen-bond donors (Lipinski definition) is 2. The smallest absolute Gasteiger partial charge is 0.273 e. The molecule has 1 amide bonds. The average Bonchev–Trinajstić information content (AvgIpc) is 3.56. The minimum absolute atomic E-state index is 0.162. The van der Waals surface area contributed by atoms with Gasteiger partial charge in [-0.05, 0) is 75.2 Å². The number of carbonyl (C=O) groups is 1. The number of nitrogens with one attached hydrogen (secondary N) is 2. The van der Waals surface area contributed by atoms with Crippen LogP contribution in [-0.2, 0) is 24.4 Å². The van der Waals surface area contributed by atoms with Gasteiger partial charge in [-0.15, -0.1) is 0 Å². The summed E-state index contributed by atoms with van der Waals surface area (Å²) in [7, 11) is 3.47. The lowest BCUT2D eigenvalue weighted by Crippen LogP contribution is -2.28. The van der Waals surface area contributed by atoms with Crippen LogP contribution in [0, 0.1) is 13.8 Å². The van der Waals surface area contributed by atoms with Crippen molar-refractivity contribution in [2.75, 3.05) is 32.6 Å². The molecule has 9 heteroatoms. The molecule has 0 aliphatic carbocycles. The first-order valence-corrected chi connectivity index (χ1v) is 13.5. The Kier molecular flexibility index (Phi) is 7.90. The quantitative estimate of drug-likeness (QED) is 0.335. The molecule has 4 aromatic rings. The summed E-state index contributed by atoms with van der Waals surface area (Å²) in [5.74, 6) is 0.370. The Morgan fingerprint density at radius 1 is 1.21 bits per heavy atom. The minimum Gasteiger partial charge on any atom is -0.381 e. The van der Waals surface area contributed by atoms with E-state index in [0.717, 1.165) is 65.2 Å². The second-order valence-corrected chi connectivity index (χ2v) is 10.3. The van der Waals surface area contributed by atoms with Crippen LogP contribution in [0.5, 0.6) is 0 Å². The topological polar surface area (TPSA) is 97.2 Å². The Morgan fingerprint density at radius 3 is 2.77 bits per heavy atom. The normalized spacial score (nSPS) is 15.2. The maximum Gasteiger partial charge on any atom is 0.273 e. The van der Waals surface area contributed by atoms with E-state index in [9.17, 15) is 4.79 Å². The van der Waals surface area contributed by atoms with Crippen molar-refractivity contribution in [3.63, 3.8) is 0 Å². The van der Waals surface area contributed by atoms with Crippen LogP contribution in [0.15, 0.2) is 42.6 Å². The van der Waals surface area contributed by atoms with Gasteiger partial charge in [-0.1, -0.05) is 6.07 Å². The summed E-state index contributed by atoms with van der Waals surface area (Å²) in [5, 5.41) is 12.2. The number of ether oxygens (including phenoxy) is 1. The zero-order valence-corrected chi connectivity index (χ0v) is 23.4. The summed E-state index contributed by atoms with van der Waals surface area (Å²) in [4.78, 5) is 25.4. The highest BCUT2D eigenvalue weighted by Gasteiger charge is 2.22. The van der Waals surface area contributed by atoms with Gasteiger partial charge in [0, 0.05) is 67.7 Å². The number of hydrogen-bond acceptors (Lipinski definition) is 7. The molecular formula is C30H37N7O2. The lowest BCUT2D eigenvalue weighted by molar-refractivity contribution is 0.0781. The third-order valence-corrected chi connectivity index (χ3v) is 7.30. The molecule has 2 N–H and O–H groups in total. The van der Waals surface area contributed by atoms with E-state index in [4.69, 9.17) is 14.7 Å². The highest BCUT2D eigenvalue weighted by molar-refractivity contribution is 6.05. The number of anilines is 1. The third-order valence-electron chi connectivity index (χ3n) is 7.30. The van der Waals surface area contributed by atoms with Gasteiger partial charge in [-0.2, -0.15) is 5.10 Å². The van der Waals surface area contributed by atoms with Gasteiger partial charge in [-0.3, -0.25) is 9.48 Å². The summed E-state index contributed by atoms with van der Waals surface area (Å²) in [6, 6.07) is 12.6. The monoisotopic (exact) mass is 527 g/mol. The Hall–Kier alpha value is -3.82. The third kappa shape index (κ3) is 5.79. The number of benzene rings is 2. The molecule has 1 aliphatic heterocycles. The van der Waals surface area contributed by atoms with Gasteiger partial charge in [0.15, 0.2) is 5.82 Å². The Labute approximate surface area is 229 Å². The number of nitrogens with zero attached hydrogens (tertiary/aromatic N) is 5. The molecule has 0 spiro atoms. The number of aryl methyl sites for hydroxylation is 2. The molecule has 2 aromatic heterocycles. The molecule has 0 saturated carbocycles. The first-order valence-electron chi connectivity index (χ1n) is 13.5. The van der Waals surface area contributed by atoms with Crippen LogP contribution in [0.4, 0.5) is 5.69 Å². The van der Waals surface area contributed by atoms with Gasteiger partial charge in [0.25, 0.3) is 5.91 Å². The van der Waals surface area contributed by atoms with E-state index in [1.807, 2.05) is 43.0 Å². The lowest BCUT2D eigenvalue weighted by atomic mass is 10.1. The van der Waals surface area contributed by atoms with Crippen LogP contribution in [-0.4, -0.2) is 63.8 Å². The molecule has 0 radical (unpaired) electrons. The van der Waals surface area contributed by atoms with E-state index in [1.165, 1.54) is 0 Å². The average molecular weight is 528 g/mol. The van der Waals surface area contributed by atoms with E-state index >= 15 is 0 Å². The second-order valence-electron chi connectivity index (χ2n) is 10.3.